The van der Waals surface area contributed by atoms with E-state index in [-0.39, 0.29) is 24.8 Å². The van der Waals surface area contributed by atoms with Crippen LogP contribution in [0.25, 0.3) is 0 Å². The number of piperidine rings is 1. The third-order valence-electron chi connectivity index (χ3n) is 6.61. The van der Waals surface area contributed by atoms with E-state index in [1.165, 1.54) is 12.8 Å². The minimum atomic E-state index is -0.407. The van der Waals surface area contributed by atoms with Gasteiger partial charge in [-0.25, -0.2) is 0 Å². The Morgan fingerprint density at radius 1 is 1.07 bits per heavy atom. The summed E-state index contributed by atoms with van der Waals surface area (Å²) in [6.45, 7) is 4.43. The zero-order valence-corrected chi connectivity index (χ0v) is 16.0. The van der Waals surface area contributed by atoms with Gasteiger partial charge in [0, 0.05) is 31.6 Å². The first kappa shape index (κ1) is 17.8. The molecule has 0 aromatic heterocycles. The molecule has 1 aromatic carbocycles. The molecule has 0 radical (unpaired) electrons. The van der Waals surface area contributed by atoms with E-state index in [0.29, 0.717) is 43.0 Å². The minimum Gasteiger partial charge on any atom is -0.461 e. The number of hydrogen-bond acceptors (Lipinski definition) is 6. The summed E-state index contributed by atoms with van der Waals surface area (Å²) >= 11 is 0. The summed E-state index contributed by atoms with van der Waals surface area (Å²) in [6.07, 6.45) is 4.62. The number of carbonyl (C=O) groups excluding carboxylic acids is 2. The van der Waals surface area contributed by atoms with Crippen molar-refractivity contribution in [3.05, 3.63) is 23.8 Å². The van der Waals surface area contributed by atoms with Crippen LogP contribution in [-0.2, 0) is 9.53 Å². The standard InChI is InChI=1S/C21H26N2O5/c24-19(15-3-4-17-18(11-15)27-14-26-17)23-9-5-21(6-10-23)12-16(28-20(21)25)13-22-7-1-2-8-22/h3-4,11,16H,1-2,5-10,12-14H2. The number of esters is 1. The van der Waals surface area contributed by atoms with Crippen molar-refractivity contribution in [1.29, 1.82) is 0 Å². The zero-order valence-electron chi connectivity index (χ0n) is 16.0. The van der Waals surface area contributed by atoms with E-state index >= 15 is 0 Å². The monoisotopic (exact) mass is 386 g/mol. The molecule has 7 nitrogen and oxygen atoms in total. The highest BCUT2D eigenvalue weighted by molar-refractivity contribution is 5.95. The minimum absolute atomic E-state index is 0.00158. The van der Waals surface area contributed by atoms with Gasteiger partial charge in [0.15, 0.2) is 11.5 Å². The molecule has 3 fully saturated rings. The number of cyclic esters (lactones) is 1. The van der Waals surface area contributed by atoms with Crippen molar-refractivity contribution in [2.45, 2.75) is 38.2 Å². The van der Waals surface area contributed by atoms with Gasteiger partial charge in [0.25, 0.3) is 5.91 Å². The smallest absolute Gasteiger partial charge is 0.312 e. The van der Waals surface area contributed by atoms with Gasteiger partial charge in [-0.05, 0) is 57.0 Å². The van der Waals surface area contributed by atoms with Gasteiger partial charge in [0.1, 0.15) is 6.10 Å². The van der Waals surface area contributed by atoms with Crippen molar-refractivity contribution in [2.24, 2.45) is 5.41 Å². The van der Waals surface area contributed by atoms with Crippen LogP contribution in [0.3, 0.4) is 0 Å². The Morgan fingerprint density at radius 2 is 1.82 bits per heavy atom. The third-order valence-corrected chi connectivity index (χ3v) is 6.61. The molecule has 1 atom stereocenters. The summed E-state index contributed by atoms with van der Waals surface area (Å²) in [5.41, 5.74) is 0.192. The van der Waals surface area contributed by atoms with Gasteiger partial charge in [0.2, 0.25) is 6.79 Å². The Bertz CT molecular complexity index is 781. The highest BCUT2D eigenvalue weighted by Gasteiger charge is 2.51. The molecule has 0 saturated carbocycles. The number of rotatable bonds is 3. The molecule has 4 aliphatic rings. The molecule has 1 spiro atoms. The van der Waals surface area contributed by atoms with Crippen LogP contribution in [0.5, 0.6) is 11.5 Å². The zero-order chi connectivity index (χ0) is 19.1. The molecule has 0 aliphatic carbocycles. The van der Waals surface area contributed by atoms with E-state index in [9.17, 15) is 9.59 Å². The van der Waals surface area contributed by atoms with Gasteiger partial charge in [0.05, 0.1) is 5.41 Å². The summed E-state index contributed by atoms with van der Waals surface area (Å²) in [4.78, 5) is 29.8. The molecule has 1 amide bonds. The molecule has 1 unspecified atom stereocenters. The van der Waals surface area contributed by atoms with Crippen molar-refractivity contribution >= 4 is 11.9 Å². The fourth-order valence-corrected chi connectivity index (χ4v) is 4.95. The molecule has 4 heterocycles. The second-order valence-corrected chi connectivity index (χ2v) is 8.38. The van der Waals surface area contributed by atoms with Crippen molar-refractivity contribution < 1.29 is 23.8 Å². The number of benzene rings is 1. The molecule has 28 heavy (non-hydrogen) atoms. The van der Waals surface area contributed by atoms with Gasteiger partial charge in [-0.3, -0.25) is 14.5 Å². The quantitative estimate of drug-likeness (QED) is 0.741. The van der Waals surface area contributed by atoms with Gasteiger partial charge in [-0.2, -0.15) is 0 Å². The Morgan fingerprint density at radius 3 is 2.61 bits per heavy atom. The lowest BCUT2D eigenvalue weighted by Crippen LogP contribution is -2.45. The summed E-state index contributed by atoms with van der Waals surface area (Å²) in [5.74, 6) is 1.20. The van der Waals surface area contributed by atoms with Crippen LogP contribution in [0.15, 0.2) is 18.2 Å². The molecular weight excluding hydrogens is 360 g/mol. The summed E-state index contributed by atoms with van der Waals surface area (Å²) in [7, 11) is 0. The van der Waals surface area contributed by atoms with Crippen LogP contribution in [0.1, 0.15) is 42.5 Å². The highest BCUT2D eigenvalue weighted by atomic mass is 16.7. The lowest BCUT2D eigenvalue weighted by atomic mass is 9.76. The maximum absolute atomic E-state index is 12.9. The number of hydrogen-bond donors (Lipinski definition) is 0. The van der Waals surface area contributed by atoms with Crippen LogP contribution in [-0.4, -0.2) is 67.3 Å². The molecule has 0 N–H and O–H groups in total. The first-order chi connectivity index (χ1) is 13.6. The molecule has 150 valence electrons. The van der Waals surface area contributed by atoms with Crippen LogP contribution >= 0.6 is 0 Å². The first-order valence-electron chi connectivity index (χ1n) is 10.3. The van der Waals surface area contributed by atoms with Crippen molar-refractivity contribution in [1.82, 2.24) is 9.80 Å². The molecule has 7 heteroatoms. The number of fused-ring (bicyclic) bond motifs is 1. The maximum Gasteiger partial charge on any atom is 0.312 e. The average molecular weight is 386 g/mol. The maximum atomic E-state index is 12.9. The summed E-state index contributed by atoms with van der Waals surface area (Å²) in [5, 5.41) is 0. The molecule has 1 aromatic rings. The Labute approximate surface area is 164 Å². The van der Waals surface area contributed by atoms with Gasteiger partial charge in [-0.1, -0.05) is 0 Å². The predicted molar refractivity (Wildman–Crippen MR) is 100 cm³/mol. The van der Waals surface area contributed by atoms with Crippen molar-refractivity contribution in [3.63, 3.8) is 0 Å². The number of carbonyl (C=O) groups is 2. The molecule has 3 saturated heterocycles. The number of amides is 1. The van der Waals surface area contributed by atoms with Crippen LogP contribution in [0.4, 0.5) is 0 Å². The summed E-state index contributed by atoms with van der Waals surface area (Å²) < 4.78 is 16.4. The number of likely N-dealkylation sites (tertiary alicyclic amines) is 2. The number of nitrogens with zero attached hydrogens (tertiary/aromatic N) is 2. The largest absolute Gasteiger partial charge is 0.461 e. The Balaban J connectivity index is 1.21. The van der Waals surface area contributed by atoms with E-state index in [1.807, 2.05) is 4.90 Å². The SMILES string of the molecule is O=C(c1ccc2c(c1)OCO2)N1CCC2(CC1)CC(CN1CCCC1)OC2=O. The van der Waals surface area contributed by atoms with E-state index in [0.717, 1.165) is 26.1 Å². The van der Waals surface area contributed by atoms with E-state index in [1.54, 1.807) is 18.2 Å². The van der Waals surface area contributed by atoms with Crippen LogP contribution in [0.2, 0.25) is 0 Å². The fourth-order valence-electron chi connectivity index (χ4n) is 4.95. The van der Waals surface area contributed by atoms with E-state index in [2.05, 4.69) is 4.90 Å². The number of ether oxygens (including phenoxy) is 3. The molecule has 5 rings (SSSR count). The lowest BCUT2D eigenvalue weighted by molar-refractivity contribution is -0.150. The molecule has 4 aliphatic heterocycles. The molecular formula is C21H26N2O5. The predicted octanol–water partition coefficient (Wildman–Crippen LogP) is 2.05. The second kappa shape index (κ2) is 6.95. The third kappa shape index (κ3) is 3.11. The summed E-state index contributed by atoms with van der Waals surface area (Å²) in [6, 6.07) is 5.29. The van der Waals surface area contributed by atoms with Gasteiger partial charge >= 0.3 is 5.97 Å². The van der Waals surface area contributed by atoms with Gasteiger partial charge < -0.3 is 19.1 Å². The first-order valence-corrected chi connectivity index (χ1v) is 10.3. The Kier molecular flexibility index (Phi) is 4.42. The normalized spacial score (nSPS) is 26.1. The highest BCUT2D eigenvalue weighted by Crippen LogP contribution is 2.43. The van der Waals surface area contributed by atoms with E-state index in [4.69, 9.17) is 14.2 Å². The van der Waals surface area contributed by atoms with E-state index < -0.39 is 5.41 Å². The lowest BCUT2D eigenvalue weighted by Gasteiger charge is -2.36. The fraction of sp³-hybridized carbons (Fsp3) is 0.619. The second-order valence-electron chi connectivity index (χ2n) is 8.38. The van der Waals surface area contributed by atoms with Crippen molar-refractivity contribution in [2.75, 3.05) is 39.5 Å². The average Bonchev–Trinajstić information content (AvgIpc) is 3.43. The van der Waals surface area contributed by atoms with Crippen LogP contribution in [0, 0.1) is 5.41 Å². The topological polar surface area (TPSA) is 68.3 Å². The molecule has 0 bridgehead atoms. The Hall–Kier alpha value is -2.28. The van der Waals surface area contributed by atoms with Gasteiger partial charge in [-0.15, -0.1) is 0 Å². The van der Waals surface area contributed by atoms with Crippen LogP contribution < -0.4 is 9.47 Å². The van der Waals surface area contributed by atoms with Crippen molar-refractivity contribution in [3.8, 4) is 11.5 Å².